The maximum absolute atomic E-state index is 12.1. The lowest BCUT2D eigenvalue weighted by Gasteiger charge is -2.11. The van der Waals surface area contributed by atoms with E-state index in [-0.39, 0.29) is 5.91 Å². The monoisotopic (exact) mass is 437 g/mol. The fraction of sp³-hybridized carbons (Fsp3) is 0.0870. The average Bonchev–Trinajstić information content (AvgIpc) is 2.73. The minimum atomic E-state index is -0.203. The molecule has 0 unspecified atom stereocenters. The topological polar surface area (TPSA) is 47.6 Å². The van der Waals surface area contributed by atoms with Gasteiger partial charge in [0, 0.05) is 16.2 Å². The summed E-state index contributed by atoms with van der Waals surface area (Å²) >= 11 is 3.37. The normalized spacial score (nSPS) is 10.6. The number of hydrogen-bond donors (Lipinski definition) is 1. The number of nitrogens with one attached hydrogen (secondary N) is 1. The van der Waals surface area contributed by atoms with Crippen LogP contribution < -0.4 is 14.8 Å². The summed E-state index contributed by atoms with van der Waals surface area (Å²) in [5, 5.41) is 2.82. The van der Waals surface area contributed by atoms with E-state index in [4.69, 9.17) is 9.47 Å². The molecular weight excluding hydrogens is 418 g/mol. The smallest absolute Gasteiger partial charge is 0.248 e. The Morgan fingerprint density at radius 1 is 1.00 bits per heavy atom. The molecule has 1 amide bonds. The molecule has 0 aliphatic rings. The van der Waals surface area contributed by atoms with Crippen LogP contribution in [0, 0.1) is 0 Å². The van der Waals surface area contributed by atoms with E-state index in [0.29, 0.717) is 18.1 Å². The number of methoxy groups -OCH3 is 1. The number of carbonyl (C=O) groups is 1. The van der Waals surface area contributed by atoms with Gasteiger partial charge in [-0.25, -0.2) is 0 Å². The molecule has 5 heteroatoms. The van der Waals surface area contributed by atoms with Crippen molar-refractivity contribution >= 4 is 33.6 Å². The molecule has 3 aromatic carbocycles. The summed E-state index contributed by atoms with van der Waals surface area (Å²) in [5.74, 6) is 1.07. The van der Waals surface area contributed by atoms with Crippen LogP contribution in [0.25, 0.3) is 6.08 Å². The van der Waals surface area contributed by atoms with Crippen molar-refractivity contribution < 1.29 is 14.3 Å². The van der Waals surface area contributed by atoms with Gasteiger partial charge in [0.25, 0.3) is 0 Å². The van der Waals surface area contributed by atoms with Crippen molar-refractivity contribution in [2.75, 3.05) is 12.4 Å². The Hall–Kier alpha value is -3.05. The van der Waals surface area contributed by atoms with Gasteiger partial charge >= 0.3 is 0 Å². The highest BCUT2D eigenvalue weighted by molar-refractivity contribution is 9.10. The maximum Gasteiger partial charge on any atom is 0.248 e. The first kappa shape index (κ1) is 19.7. The summed E-state index contributed by atoms with van der Waals surface area (Å²) in [6, 6.07) is 22.9. The fourth-order valence-electron chi connectivity index (χ4n) is 2.53. The Kier molecular flexibility index (Phi) is 6.87. The number of halogens is 1. The SMILES string of the molecule is COc1cc(C=CC(=O)Nc2ccc(Br)cc2)ccc1OCc1ccccc1. The van der Waals surface area contributed by atoms with Crippen molar-refractivity contribution in [2.24, 2.45) is 0 Å². The molecule has 0 aliphatic heterocycles. The van der Waals surface area contributed by atoms with Gasteiger partial charge in [-0.15, -0.1) is 0 Å². The minimum Gasteiger partial charge on any atom is -0.493 e. The largest absolute Gasteiger partial charge is 0.493 e. The molecule has 0 radical (unpaired) electrons. The lowest BCUT2D eigenvalue weighted by Crippen LogP contribution is -2.07. The third-order valence-corrected chi connectivity index (χ3v) is 4.49. The van der Waals surface area contributed by atoms with Gasteiger partial charge in [-0.1, -0.05) is 52.3 Å². The molecule has 0 saturated carbocycles. The first-order valence-corrected chi connectivity index (χ1v) is 9.53. The lowest BCUT2D eigenvalue weighted by atomic mass is 10.2. The number of benzene rings is 3. The molecule has 0 bridgehead atoms. The first-order valence-electron chi connectivity index (χ1n) is 8.73. The molecule has 0 spiro atoms. The van der Waals surface area contributed by atoms with E-state index in [2.05, 4.69) is 21.2 Å². The number of rotatable bonds is 7. The van der Waals surface area contributed by atoms with Crippen molar-refractivity contribution in [3.63, 3.8) is 0 Å². The molecule has 4 nitrogen and oxygen atoms in total. The number of ether oxygens (including phenoxy) is 2. The molecule has 28 heavy (non-hydrogen) atoms. The van der Waals surface area contributed by atoms with Crippen LogP contribution in [0.3, 0.4) is 0 Å². The zero-order chi connectivity index (χ0) is 19.8. The van der Waals surface area contributed by atoms with Gasteiger partial charge in [0.05, 0.1) is 7.11 Å². The summed E-state index contributed by atoms with van der Waals surface area (Å²) in [6.45, 7) is 0.460. The van der Waals surface area contributed by atoms with Gasteiger partial charge in [-0.2, -0.15) is 0 Å². The van der Waals surface area contributed by atoms with E-state index in [0.717, 1.165) is 21.3 Å². The summed E-state index contributed by atoms with van der Waals surface area (Å²) in [7, 11) is 1.60. The second-order valence-electron chi connectivity index (χ2n) is 6.01. The van der Waals surface area contributed by atoms with Gasteiger partial charge in [0.1, 0.15) is 6.61 Å². The zero-order valence-corrected chi connectivity index (χ0v) is 17.0. The van der Waals surface area contributed by atoms with E-state index < -0.39 is 0 Å². The zero-order valence-electron chi connectivity index (χ0n) is 15.4. The Balaban J connectivity index is 1.63. The van der Waals surface area contributed by atoms with Crippen LogP contribution >= 0.6 is 15.9 Å². The van der Waals surface area contributed by atoms with Crippen LogP contribution in [-0.4, -0.2) is 13.0 Å². The molecule has 142 valence electrons. The van der Waals surface area contributed by atoms with Crippen molar-refractivity contribution in [3.8, 4) is 11.5 Å². The van der Waals surface area contributed by atoms with Crippen molar-refractivity contribution in [2.45, 2.75) is 6.61 Å². The minimum absolute atomic E-state index is 0.203. The highest BCUT2D eigenvalue weighted by atomic mass is 79.9. The van der Waals surface area contributed by atoms with Gasteiger partial charge in [0.15, 0.2) is 11.5 Å². The van der Waals surface area contributed by atoms with Crippen LogP contribution in [0.4, 0.5) is 5.69 Å². The van der Waals surface area contributed by atoms with E-state index in [1.807, 2.05) is 72.8 Å². The van der Waals surface area contributed by atoms with Crippen LogP contribution in [0.2, 0.25) is 0 Å². The molecule has 1 N–H and O–H groups in total. The molecular formula is C23H20BrNO3. The van der Waals surface area contributed by atoms with Gasteiger partial charge in [0.2, 0.25) is 5.91 Å². The quantitative estimate of drug-likeness (QED) is 0.483. The molecule has 0 saturated heterocycles. The van der Waals surface area contributed by atoms with Gasteiger partial charge in [-0.3, -0.25) is 4.79 Å². The molecule has 0 aliphatic carbocycles. The molecule has 0 fully saturated rings. The Morgan fingerprint density at radius 2 is 1.75 bits per heavy atom. The number of carbonyl (C=O) groups excluding carboxylic acids is 1. The number of hydrogen-bond acceptors (Lipinski definition) is 3. The van der Waals surface area contributed by atoms with E-state index in [1.54, 1.807) is 13.2 Å². The predicted molar refractivity (Wildman–Crippen MR) is 116 cm³/mol. The van der Waals surface area contributed by atoms with Gasteiger partial charge in [-0.05, 0) is 53.6 Å². The Morgan fingerprint density at radius 3 is 2.46 bits per heavy atom. The maximum atomic E-state index is 12.1. The summed E-state index contributed by atoms with van der Waals surface area (Å²) in [4.78, 5) is 12.1. The van der Waals surface area contributed by atoms with Crippen molar-refractivity contribution in [1.82, 2.24) is 0 Å². The van der Waals surface area contributed by atoms with Crippen LogP contribution in [0.1, 0.15) is 11.1 Å². The van der Waals surface area contributed by atoms with E-state index in [1.165, 1.54) is 6.08 Å². The molecule has 0 heterocycles. The highest BCUT2D eigenvalue weighted by Crippen LogP contribution is 2.29. The third kappa shape index (κ3) is 5.72. The summed E-state index contributed by atoms with van der Waals surface area (Å²) in [5.41, 5.74) is 2.66. The van der Waals surface area contributed by atoms with E-state index >= 15 is 0 Å². The molecule has 3 aromatic rings. The molecule has 0 atom stereocenters. The highest BCUT2D eigenvalue weighted by Gasteiger charge is 2.06. The Labute approximate surface area is 172 Å². The summed E-state index contributed by atoms with van der Waals surface area (Å²) in [6.07, 6.45) is 3.22. The summed E-state index contributed by atoms with van der Waals surface area (Å²) < 4.78 is 12.2. The van der Waals surface area contributed by atoms with Crippen LogP contribution in [-0.2, 0) is 11.4 Å². The standard InChI is InChI=1S/C23H20BrNO3/c1-27-22-15-17(7-13-21(22)28-16-18-5-3-2-4-6-18)8-14-23(26)25-20-11-9-19(24)10-12-20/h2-15H,16H2,1H3,(H,25,26). The number of anilines is 1. The van der Waals surface area contributed by atoms with Crippen molar-refractivity contribution in [1.29, 1.82) is 0 Å². The van der Waals surface area contributed by atoms with Gasteiger partial charge < -0.3 is 14.8 Å². The second-order valence-corrected chi connectivity index (χ2v) is 6.93. The Bertz CT molecular complexity index is 953. The lowest BCUT2D eigenvalue weighted by molar-refractivity contribution is -0.111. The number of amides is 1. The van der Waals surface area contributed by atoms with Crippen molar-refractivity contribution in [3.05, 3.63) is 94.5 Å². The second kappa shape index (κ2) is 9.76. The fourth-order valence-corrected chi connectivity index (χ4v) is 2.80. The first-order chi connectivity index (χ1) is 13.6. The van der Waals surface area contributed by atoms with E-state index in [9.17, 15) is 4.79 Å². The third-order valence-electron chi connectivity index (χ3n) is 3.96. The predicted octanol–water partition coefficient (Wildman–Crippen LogP) is 5.69. The molecule has 0 aromatic heterocycles. The molecule has 3 rings (SSSR count). The average molecular weight is 438 g/mol. The van der Waals surface area contributed by atoms with Crippen LogP contribution in [0.5, 0.6) is 11.5 Å². The van der Waals surface area contributed by atoms with Crippen LogP contribution in [0.15, 0.2) is 83.3 Å².